The second-order valence-corrected chi connectivity index (χ2v) is 6.23. The van der Waals surface area contributed by atoms with Crippen molar-refractivity contribution in [2.24, 2.45) is 4.99 Å². The minimum absolute atomic E-state index is 0.166. The number of nitrogens with zero attached hydrogens (tertiary/aromatic N) is 1. The van der Waals surface area contributed by atoms with Gasteiger partial charge in [-0.2, -0.15) is 0 Å². The molecule has 0 saturated carbocycles. The van der Waals surface area contributed by atoms with Gasteiger partial charge in [-0.15, -0.1) is 0 Å². The van der Waals surface area contributed by atoms with Crippen molar-refractivity contribution in [1.82, 2.24) is 0 Å². The van der Waals surface area contributed by atoms with Crippen molar-refractivity contribution in [2.75, 3.05) is 0 Å². The molecule has 0 bridgehead atoms. The number of carbonyl (C=O) groups is 1. The zero-order valence-electron chi connectivity index (χ0n) is 14.1. The Bertz CT molecular complexity index is 1000. The van der Waals surface area contributed by atoms with Gasteiger partial charge < -0.3 is 13.9 Å². The van der Waals surface area contributed by atoms with E-state index in [0.29, 0.717) is 17.4 Å². The van der Waals surface area contributed by atoms with E-state index in [9.17, 15) is 4.79 Å². The first kappa shape index (κ1) is 17.1. The zero-order chi connectivity index (χ0) is 18.6. The van der Waals surface area contributed by atoms with Crippen molar-refractivity contribution >= 4 is 29.5 Å². The van der Waals surface area contributed by atoms with Gasteiger partial charge in [0.15, 0.2) is 11.5 Å². The molecule has 0 saturated heterocycles. The van der Waals surface area contributed by atoms with Gasteiger partial charge in [0.1, 0.15) is 12.4 Å². The molecule has 0 N–H and O–H groups in total. The van der Waals surface area contributed by atoms with Gasteiger partial charge in [0, 0.05) is 5.02 Å². The molecule has 1 aromatic heterocycles. The fraction of sp³-hybridized carbons (Fsp3) is 0.0476. The fourth-order valence-electron chi connectivity index (χ4n) is 2.48. The molecule has 6 heteroatoms. The van der Waals surface area contributed by atoms with Gasteiger partial charge in [-0.25, -0.2) is 9.79 Å². The maximum absolute atomic E-state index is 12.0. The molecule has 0 atom stereocenters. The lowest BCUT2D eigenvalue weighted by molar-refractivity contribution is -0.130. The summed E-state index contributed by atoms with van der Waals surface area (Å²) in [5, 5.41) is 0.694. The van der Waals surface area contributed by atoms with Crippen molar-refractivity contribution in [3.8, 4) is 5.75 Å². The number of aliphatic imine (C=N–C) groups is 1. The van der Waals surface area contributed by atoms with E-state index >= 15 is 0 Å². The Hall–Kier alpha value is -3.31. The number of furan rings is 1. The standard InChI is InChI=1S/C21H14ClNO4/c22-16-7-3-15(4-8-16)13-26-17-9-5-14(6-10-17)12-18-21(24)27-20(23-18)19-2-1-11-25-19/h1-12H,13H2/b18-12-. The van der Waals surface area contributed by atoms with E-state index < -0.39 is 5.97 Å². The van der Waals surface area contributed by atoms with E-state index in [1.54, 1.807) is 18.2 Å². The Morgan fingerprint density at radius 2 is 1.81 bits per heavy atom. The first-order chi connectivity index (χ1) is 13.2. The molecule has 0 fully saturated rings. The molecule has 2 aromatic carbocycles. The van der Waals surface area contributed by atoms with Crippen LogP contribution in [0.1, 0.15) is 16.9 Å². The van der Waals surface area contributed by atoms with E-state index in [0.717, 1.165) is 16.9 Å². The first-order valence-corrected chi connectivity index (χ1v) is 8.59. The van der Waals surface area contributed by atoms with Gasteiger partial charge in [-0.1, -0.05) is 35.9 Å². The largest absolute Gasteiger partial charge is 0.489 e. The molecule has 3 aromatic rings. The predicted octanol–water partition coefficient (Wildman–Crippen LogP) is 4.86. The van der Waals surface area contributed by atoms with E-state index in [1.165, 1.54) is 6.26 Å². The van der Waals surface area contributed by atoms with Crippen molar-refractivity contribution in [2.45, 2.75) is 6.61 Å². The van der Waals surface area contributed by atoms with Crippen LogP contribution in [-0.2, 0) is 16.1 Å². The van der Waals surface area contributed by atoms with Crippen molar-refractivity contribution in [1.29, 1.82) is 0 Å². The predicted molar refractivity (Wildman–Crippen MR) is 102 cm³/mol. The minimum atomic E-state index is -0.510. The van der Waals surface area contributed by atoms with Gasteiger partial charge in [0.25, 0.3) is 5.90 Å². The zero-order valence-corrected chi connectivity index (χ0v) is 14.8. The number of hydrogen-bond donors (Lipinski definition) is 0. The van der Waals surface area contributed by atoms with Crippen molar-refractivity contribution in [3.05, 3.63) is 94.5 Å². The normalized spacial score (nSPS) is 14.9. The third-order valence-electron chi connectivity index (χ3n) is 3.85. The average Bonchev–Trinajstić information content (AvgIpc) is 3.33. The summed E-state index contributed by atoms with van der Waals surface area (Å²) in [4.78, 5) is 16.1. The molecular weight excluding hydrogens is 366 g/mol. The summed E-state index contributed by atoms with van der Waals surface area (Å²) in [7, 11) is 0. The number of ether oxygens (including phenoxy) is 2. The summed E-state index contributed by atoms with van der Waals surface area (Å²) in [5.41, 5.74) is 2.06. The summed E-state index contributed by atoms with van der Waals surface area (Å²) in [6.07, 6.45) is 3.15. The molecule has 0 radical (unpaired) electrons. The van der Waals surface area contributed by atoms with Crippen LogP contribution in [0.5, 0.6) is 5.75 Å². The lowest BCUT2D eigenvalue weighted by atomic mass is 10.2. The molecule has 5 nitrogen and oxygen atoms in total. The number of esters is 1. The lowest BCUT2D eigenvalue weighted by Gasteiger charge is -2.06. The summed E-state index contributed by atoms with van der Waals surface area (Å²) in [6.45, 7) is 0.445. The number of cyclic esters (lactones) is 1. The summed E-state index contributed by atoms with van der Waals surface area (Å²) < 4.78 is 16.1. The summed E-state index contributed by atoms with van der Waals surface area (Å²) in [5.74, 6) is 0.794. The van der Waals surface area contributed by atoms with Gasteiger partial charge in [0.05, 0.1) is 6.26 Å². The Labute approximate surface area is 160 Å². The van der Waals surface area contributed by atoms with E-state index in [2.05, 4.69) is 4.99 Å². The quantitative estimate of drug-likeness (QED) is 0.469. The SMILES string of the molecule is O=C1OC(c2ccco2)=N/C1=C\c1ccc(OCc2ccc(Cl)cc2)cc1. The highest BCUT2D eigenvalue weighted by molar-refractivity contribution is 6.30. The highest BCUT2D eigenvalue weighted by atomic mass is 35.5. The number of rotatable bonds is 5. The molecule has 0 unspecified atom stereocenters. The monoisotopic (exact) mass is 379 g/mol. The lowest BCUT2D eigenvalue weighted by Crippen LogP contribution is -2.04. The molecule has 27 heavy (non-hydrogen) atoms. The van der Waals surface area contributed by atoms with E-state index in [1.807, 2.05) is 48.5 Å². The highest BCUT2D eigenvalue weighted by Gasteiger charge is 2.25. The Kier molecular flexibility index (Phi) is 4.77. The van der Waals surface area contributed by atoms with Crippen LogP contribution in [0.15, 0.2) is 82.0 Å². The topological polar surface area (TPSA) is 61.0 Å². The van der Waals surface area contributed by atoms with Crippen LogP contribution in [0.3, 0.4) is 0 Å². The van der Waals surface area contributed by atoms with E-state index in [4.69, 9.17) is 25.5 Å². The molecule has 0 amide bonds. The number of carbonyl (C=O) groups excluding carboxylic acids is 1. The smallest absolute Gasteiger partial charge is 0.363 e. The molecule has 4 rings (SSSR count). The maximum Gasteiger partial charge on any atom is 0.363 e. The van der Waals surface area contributed by atoms with E-state index in [-0.39, 0.29) is 11.6 Å². The average molecular weight is 380 g/mol. The molecule has 0 aliphatic carbocycles. The molecule has 0 spiro atoms. The van der Waals surface area contributed by atoms with Gasteiger partial charge >= 0.3 is 5.97 Å². The Balaban J connectivity index is 1.43. The third-order valence-corrected chi connectivity index (χ3v) is 4.11. The summed E-state index contributed by atoms with van der Waals surface area (Å²) >= 11 is 5.87. The van der Waals surface area contributed by atoms with Crippen molar-refractivity contribution < 1.29 is 18.7 Å². The van der Waals surface area contributed by atoms with Gasteiger partial charge in [0.2, 0.25) is 0 Å². The van der Waals surface area contributed by atoms with Crippen molar-refractivity contribution in [3.63, 3.8) is 0 Å². The second kappa shape index (κ2) is 7.51. The summed E-state index contributed by atoms with van der Waals surface area (Å²) in [6, 6.07) is 18.2. The van der Waals surface area contributed by atoms with Crippen LogP contribution in [0.25, 0.3) is 6.08 Å². The molecule has 1 aliphatic heterocycles. The number of hydrogen-bond acceptors (Lipinski definition) is 5. The van der Waals surface area contributed by atoms with Crippen LogP contribution in [0.2, 0.25) is 5.02 Å². The van der Waals surface area contributed by atoms with Gasteiger partial charge in [-0.05, 0) is 53.6 Å². The third kappa shape index (κ3) is 4.10. The van der Waals surface area contributed by atoms with Crippen LogP contribution < -0.4 is 4.74 Å². The first-order valence-electron chi connectivity index (χ1n) is 8.21. The second-order valence-electron chi connectivity index (χ2n) is 5.80. The molecule has 1 aliphatic rings. The van der Waals surface area contributed by atoms with Crippen LogP contribution in [-0.4, -0.2) is 11.9 Å². The van der Waals surface area contributed by atoms with Crippen LogP contribution >= 0.6 is 11.6 Å². The maximum atomic E-state index is 12.0. The highest BCUT2D eigenvalue weighted by Crippen LogP contribution is 2.21. The number of benzene rings is 2. The molecule has 134 valence electrons. The molecule has 2 heterocycles. The Morgan fingerprint density at radius 3 is 2.52 bits per heavy atom. The minimum Gasteiger partial charge on any atom is -0.489 e. The molecular formula is C21H14ClNO4. The van der Waals surface area contributed by atoms with Crippen LogP contribution in [0.4, 0.5) is 0 Å². The van der Waals surface area contributed by atoms with Gasteiger partial charge in [-0.3, -0.25) is 0 Å². The fourth-order valence-corrected chi connectivity index (χ4v) is 2.61. The van der Waals surface area contributed by atoms with Crippen LogP contribution in [0, 0.1) is 0 Å². The number of halogens is 1. The Morgan fingerprint density at radius 1 is 1.04 bits per heavy atom.